The number of aryl methyl sites for hydroxylation is 1. The fourth-order valence-corrected chi connectivity index (χ4v) is 4.08. The molecule has 6 aromatic rings. The zero-order chi connectivity index (χ0) is 22.5. The second-order valence-corrected chi connectivity index (χ2v) is 7.79. The number of aromatic nitrogens is 6. The summed E-state index contributed by atoms with van der Waals surface area (Å²) in [7, 11) is 0. The largest absolute Gasteiger partial charge is 0.337 e. The Balaban J connectivity index is 1.55. The van der Waals surface area contributed by atoms with Crippen molar-refractivity contribution in [2.75, 3.05) is 0 Å². The van der Waals surface area contributed by atoms with E-state index in [-0.39, 0.29) is 11.3 Å². The SMILES string of the molecule is Cc1ccncc1-c1cc(F)c2n[nH]c(-c3nc4c(-c5cccc(F)c5)nccc4[nH]3)c2c1. The quantitative estimate of drug-likeness (QED) is 0.365. The topological polar surface area (TPSA) is 83.1 Å². The van der Waals surface area contributed by atoms with E-state index in [1.807, 2.05) is 19.1 Å². The number of rotatable bonds is 3. The number of H-pyrrole nitrogens is 2. The molecule has 33 heavy (non-hydrogen) atoms. The first-order chi connectivity index (χ1) is 16.1. The zero-order valence-corrected chi connectivity index (χ0v) is 17.4. The normalized spacial score (nSPS) is 11.5. The second kappa shape index (κ2) is 7.30. The smallest absolute Gasteiger partial charge is 0.157 e. The number of fused-ring (bicyclic) bond motifs is 2. The van der Waals surface area contributed by atoms with Crippen LogP contribution in [0, 0.1) is 18.6 Å². The molecule has 0 aliphatic carbocycles. The number of imidazole rings is 1. The molecule has 0 aliphatic rings. The summed E-state index contributed by atoms with van der Waals surface area (Å²) in [6, 6.07) is 13.2. The van der Waals surface area contributed by atoms with Gasteiger partial charge < -0.3 is 4.98 Å². The van der Waals surface area contributed by atoms with Gasteiger partial charge in [0.2, 0.25) is 0 Å². The van der Waals surface area contributed by atoms with Crippen LogP contribution in [0.4, 0.5) is 8.78 Å². The maximum Gasteiger partial charge on any atom is 0.157 e. The minimum atomic E-state index is -0.438. The lowest BCUT2D eigenvalue weighted by Crippen LogP contribution is -1.88. The fourth-order valence-electron chi connectivity index (χ4n) is 4.08. The molecule has 6 nitrogen and oxygen atoms in total. The first-order valence-electron chi connectivity index (χ1n) is 10.3. The van der Waals surface area contributed by atoms with E-state index in [1.54, 1.807) is 36.8 Å². The van der Waals surface area contributed by atoms with Crippen molar-refractivity contribution in [2.24, 2.45) is 0 Å². The van der Waals surface area contributed by atoms with Crippen LogP contribution in [-0.2, 0) is 0 Å². The number of nitrogens with zero attached hydrogens (tertiary/aromatic N) is 4. The van der Waals surface area contributed by atoms with Crippen LogP contribution >= 0.6 is 0 Å². The highest BCUT2D eigenvalue weighted by Crippen LogP contribution is 2.34. The molecule has 4 heterocycles. The van der Waals surface area contributed by atoms with Crippen molar-refractivity contribution in [2.45, 2.75) is 6.92 Å². The lowest BCUT2D eigenvalue weighted by Gasteiger charge is -2.06. The Hall–Kier alpha value is -4.46. The first-order valence-corrected chi connectivity index (χ1v) is 10.3. The Morgan fingerprint density at radius 1 is 0.909 bits per heavy atom. The summed E-state index contributed by atoms with van der Waals surface area (Å²) in [5.74, 6) is -0.306. The minimum absolute atomic E-state index is 0.222. The number of hydrogen-bond donors (Lipinski definition) is 2. The first kappa shape index (κ1) is 19.2. The molecule has 6 rings (SSSR count). The number of nitrogens with one attached hydrogen (secondary N) is 2. The zero-order valence-electron chi connectivity index (χ0n) is 17.4. The number of halogens is 2. The van der Waals surface area contributed by atoms with Crippen LogP contribution in [0.2, 0.25) is 0 Å². The molecule has 0 atom stereocenters. The lowest BCUT2D eigenvalue weighted by molar-refractivity contribution is 0.628. The molecule has 0 amide bonds. The summed E-state index contributed by atoms with van der Waals surface area (Å²) in [5.41, 5.74) is 5.78. The average Bonchev–Trinajstić information content (AvgIpc) is 3.43. The van der Waals surface area contributed by atoms with Gasteiger partial charge in [-0.3, -0.25) is 15.1 Å². The minimum Gasteiger partial charge on any atom is -0.337 e. The van der Waals surface area contributed by atoms with Gasteiger partial charge in [-0.25, -0.2) is 13.8 Å². The Morgan fingerprint density at radius 2 is 1.82 bits per heavy atom. The van der Waals surface area contributed by atoms with Gasteiger partial charge in [0.1, 0.15) is 22.5 Å². The molecule has 2 aromatic carbocycles. The van der Waals surface area contributed by atoms with Crippen molar-refractivity contribution in [1.29, 1.82) is 0 Å². The third-order valence-corrected chi connectivity index (χ3v) is 5.70. The van der Waals surface area contributed by atoms with Gasteiger partial charge in [-0.1, -0.05) is 12.1 Å². The number of aromatic amines is 2. The molecule has 8 heteroatoms. The number of hydrogen-bond acceptors (Lipinski definition) is 4. The van der Waals surface area contributed by atoms with Crippen molar-refractivity contribution >= 4 is 21.9 Å². The molecule has 0 radical (unpaired) electrons. The summed E-state index contributed by atoms with van der Waals surface area (Å²) >= 11 is 0. The van der Waals surface area contributed by atoms with Crippen molar-refractivity contribution < 1.29 is 8.78 Å². The summed E-state index contributed by atoms with van der Waals surface area (Å²) in [4.78, 5) is 16.6. The Labute approximate surface area is 186 Å². The summed E-state index contributed by atoms with van der Waals surface area (Å²) in [6.45, 7) is 1.95. The molecule has 0 fully saturated rings. The predicted molar refractivity (Wildman–Crippen MR) is 122 cm³/mol. The van der Waals surface area contributed by atoms with Crippen molar-refractivity contribution in [1.82, 2.24) is 30.1 Å². The molecule has 0 saturated carbocycles. The predicted octanol–water partition coefficient (Wildman–Crippen LogP) is 5.82. The maximum atomic E-state index is 14.9. The third kappa shape index (κ3) is 3.15. The van der Waals surface area contributed by atoms with Gasteiger partial charge >= 0.3 is 0 Å². The third-order valence-electron chi connectivity index (χ3n) is 5.70. The monoisotopic (exact) mass is 438 g/mol. The van der Waals surface area contributed by atoms with E-state index >= 15 is 0 Å². The highest BCUT2D eigenvalue weighted by molar-refractivity contribution is 5.98. The Kier molecular flexibility index (Phi) is 4.26. The summed E-state index contributed by atoms with van der Waals surface area (Å²) < 4.78 is 28.7. The van der Waals surface area contributed by atoms with E-state index < -0.39 is 5.82 Å². The Bertz CT molecular complexity index is 1670. The summed E-state index contributed by atoms with van der Waals surface area (Å²) in [6.07, 6.45) is 5.06. The molecule has 0 spiro atoms. The molecular formula is C25H16F2N6. The van der Waals surface area contributed by atoms with Crippen LogP contribution < -0.4 is 0 Å². The van der Waals surface area contributed by atoms with Crippen molar-refractivity contribution in [3.63, 3.8) is 0 Å². The standard InChI is InChI=1S/C25H16F2N6/c1-13-5-7-28-12-18(13)15-10-17-22(19(27)11-15)32-33-23(17)25-30-20-6-8-29-21(24(20)31-25)14-3-2-4-16(26)9-14/h2-12H,1H3,(H,30,31)(H,32,33). The van der Waals surface area contributed by atoms with Gasteiger partial charge in [-0.15, -0.1) is 0 Å². The highest BCUT2D eigenvalue weighted by Gasteiger charge is 2.18. The highest BCUT2D eigenvalue weighted by atomic mass is 19.1. The second-order valence-electron chi connectivity index (χ2n) is 7.79. The van der Waals surface area contributed by atoms with Gasteiger partial charge in [-0.2, -0.15) is 5.10 Å². The van der Waals surface area contributed by atoms with Crippen LogP contribution in [0.3, 0.4) is 0 Å². The van der Waals surface area contributed by atoms with E-state index in [4.69, 9.17) is 4.98 Å². The molecular weight excluding hydrogens is 422 g/mol. The van der Waals surface area contributed by atoms with Crippen LogP contribution in [0.25, 0.3) is 55.8 Å². The van der Waals surface area contributed by atoms with Gasteiger partial charge in [0.25, 0.3) is 0 Å². The molecule has 2 N–H and O–H groups in total. The fraction of sp³-hybridized carbons (Fsp3) is 0.0400. The number of pyridine rings is 2. The van der Waals surface area contributed by atoms with E-state index in [2.05, 4.69) is 25.1 Å². The molecule has 160 valence electrons. The number of benzene rings is 2. The summed E-state index contributed by atoms with van der Waals surface area (Å²) in [5, 5.41) is 7.68. The van der Waals surface area contributed by atoms with Gasteiger partial charge in [0.15, 0.2) is 11.6 Å². The lowest BCUT2D eigenvalue weighted by atomic mass is 10.0. The van der Waals surface area contributed by atoms with Gasteiger partial charge in [-0.05, 0) is 54.4 Å². The van der Waals surface area contributed by atoms with E-state index in [0.29, 0.717) is 39.2 Å². The van der Waals surface area contributed by atoms with Crippen molar-refractivity contribution in [3.05, 3.63) is 84.3 Å². The van der Waals surface area contributed by atoms with Gasteiger partial charge in [0.05, 0.1) is 11.2 Å². The maximum absolute atomic E-state index is 14.9. The molecule has 0 unspecified atom stereocenters. The van der Waals surface area contributed by atoms with Crippen LogP contribution in [-0.4, -0.2) is 30.1 Å². The van der Waals surface area contributed by atoms with Crippen molar-refractivity contribution in [3.8, 4) is 33.9 Å². The Morgan fingerprint density at radius 3 is 2.67 bits per heavy atom. The molecule has 0 aliphatic heterocycles. The van der Waals surface area contributed by atoms with Gasteiger partial charge in [0, 0.05) is 35.1 Å². The molecule has 0 saturated heterocycles. The molecule has 0 bridgehead atoms. The van der Waals surface area contributed by atoms with E-state index in [1.165, 1.54) is 18.2 Å². The van der Waals surface area contributed by atoms with Crippen LogP contribution in [0.1, 0.15) is 5.56 Å². The van der Waals surface area contributed by atoms with Crippen LogP contribution in [0.5, 0.6) is 0 Å². The van der Waals surface area contributed by atoms with E-state index in [9.17, 15) is 8.78 Å². The van der Waals surface area contributed by atoms with E-state index in [0.717, 1.165) is 16.6 Å². The average molecular weight is 438 g/mol. The van der Waals surface area contributed by atoms with Crippen LogP contribution in [0.15, 0.2) is 67.1 Å². The molecule has 4 aromatic heterocycles.